The molecular formula is C18H22N4O. The average molecular weight is 310 g/mol. The highest BCUT2D eigenvalue weighted by atomic mass is 16.5. The van der Waals surface area contributed by atoms with Crippen LogP contribution < -0.4 is 10.2 Å². The van der Waals surface area contributed by atoms with Gasteiger partial charge in [0, 0.05) is 43.6 Å². The van der Waals surface area contributed by atoms with Gasteiger partial charge in [-0.25, -0.2) is 9.97 Å². The Morgan fingerprint density at radius 2 is 1.91 bits per heavy atom. The molecule has 1 fully saturated rings. The molecule has 0 bridgehead atoms. The maximum absolute atomic E-state index is 5.36. The standard InChI is InChI=1S/C18H22N4O/c1-2-4-16-15(3-1)5-6-17(16)19-11-14-12-20-18(21-13-14)22-7-9-23-10-8-22/h1-4,12-13,17,19H,5-11H2/t17-/m1/s1. The molecule has 1 atom stereocenters. The van der Waals surface area contributed by atoms with Crippen molar-refractivity contribution in [1.82, 2.24) is 15.3 Å². The van der Waals surface area contributed by atoms with Crippen LogP contribution in [0.2, 0.25) is 0 Å². The number of fused-ring (bicyclic) bond motifs is 1. The third-order valence-electron chi connectivity index (χ3n) is 4.67. The molecule has 1 aromatic carbocycles. The molecule has 2 heterocycles. The molecule has 0 radical (unpaired) electrons. The molecule has 120 valence electrons. The Bertz CT molecular complexity index is 652. The summed E-state index contributed by atoms with van der Waals surface area (Å²) in [4.78, 5) is 11.2. The minimum atomic E-state index is 0.449. The third-order valence-corrected chi connectivity index (χ3v) is 4.67. The molecule has 0 amide bonds. The largest absolute Gasteiger partial charge is 0.378 e. The van der Waals surface area contributed by atoms with E-state index in [4.69, 9.17) is 4.74 Å². The van der Waals surface area contributed by atoms with Crippen LogP contribution in [0.4, 0.5) is 5.95 Å². The number of benzene rings is 1. The molecule has 4 rings (SSSR count). The summed E-state index contributed by atoms with van der Waals surface area (Å²) in [5.74, 6) is 0.809. The molecule has 2 aliphatic rings. The number of rotatable bonds is 4. The molecule has 1 N–H and O–H groups in total. The highest BCUT2D eigenvalue weighted by Crippen LogP contribution is 2.30. The van der Waals surface area contributed by atoms with Crippen molar-refractivity contribution in [2.45, 2.75) is 25.4 Å². The second-order valence-electron chi connectivity index (χ2n) is 6.16. The van der Waals surface area contributed by atoms with E-state index >= 15 is 0 Å². The van der Waals surface area contributed by atoms with Crippen molar-refractivity contribution in [2.75, 3.05) is 31.2 Å². The van der Waals surface area contributed by atoms with Crippen LogP contribution in [0.15, 0.2) is 36.7 Å². The fourth-order valence-electron chi connectivity index (χ4n) is 3.38. The number of aryl methyl sites for hydroxylation is 1. The first kappa shape index (κ1) is 14.6. The summed E-state index contributed by atoms with van der Waals surface area (Å²) in [6, 6.07) is 9.17. The quantitative estimate of drug-likeness (QED) is 0.937. The first-order chi connectivity index (χ1) is 11.4. The summed E-state index contributed by atoms with van der Waals surface area (Å²) in [5, 5.41) is 3.64. The zero-order chi connectivity index (χ0) is 15.5. The van der Waals surface area contributed by atoms with Gasteiger partial charge in [0.15, 0.2) is 0 Å². The van der Waals surface area contributed by atoms with Crippen LogP contribution in [0.1, 0.15) is 29.2 Å². The Labute approximate surface area is 136 Å². The van der Waals surface area contributed by atoms with Gasteiger partial charge in [-0.05, 0) is 24.0 Å². The summed E-state index contributed by atoms with van der Waals surface area (Å²) in [6.45, 7) is 4.07. The summed E-state index contributed by atoms with van der Waals surface area (Å²) in [7, 11) is 0. The van der Waals surface area contributed by atoms with E-state index < -0.39 is 0 Å². The molecule has 0 saturated carbocycles. The second-order valence-corrected chi connectivity index (χ2v) is 6.16. The summed E-state index contributed by atoms with van der Waals surface area (Å²) in [5.41, 5.74) is 4.05. The van der Waals surface area contributed by atoms with Gasteiger partial charge < -0.3 is 15.0 Å². The molecule has 1 aromatic heterocycles. The van der Waals surface area contributed by atoms with E-state index in [1.54, 1.807) is 0 Å². The first-order valence-electron chi connectivity index (χ1n) is 8.35. The third kappa shape index (κ3) is 3.21. The number of morpholine rings is 1. The molecule has 0 spiro atoms. The first-order valence-corrected chi connectivity index (χ1v) is 8.35. The molecule has 1 saturated heterocycles. The number of hydrogen-bond acceptors (Lipinski definition) is 5. The van der Waals surface area contributed by atoms with Crippen LogP contribution in [0, 0.1) is 0 Å². The highest BCUT2D eigenvalue weighted by molar-refractivity contribution is 5.34. The zero-order valence-corrected chi connectivity index (χ0v) is 13.2. The van der Waals surface area contributed by atoms with Crippen LogP contribution in [-0.2, 0) is 17.7 Å². The van der Waals surface area contributed by atoms with E-state index in [1.807, 2.05) is 12.4 Å². The van der Waals surface area contributed by atoms with E-state index in [0.717, 1.165) is 44.4 Å². The van der Waals surface area contributed by atoms with Crippen molar-refractivity contribution in [2.24, 2.45) is 0 Å². The number of aromatic nitrogens is 2. The van der Waals surface area contributed by atoms with E-state index in [2.05, 4.69) is 44.5 Å². The lowest BCUT2D eigenvalue weighted by Crippen LogP contribution is -2.37. The monoisotopic (exact) mass is 310 g/mol. The normalized spacial score (nSPS) is 20.5. The summed E-state index contributed by atoms with van der Waals surface area (Å²) >= 11 is 0. The molecule has 2 aromatic rings. The van der Waals surface area contributed by atoms with Crippen LogP contribution in [-0.4, -0.2) is 36.3 Å². The van der Waals surface area contributed by atoms with Gasteiger partial charge in [0.25, 0.3) is 0 Å². The van der Waals surface area contributed by atoms with Gasteiger partial charge in [-0.15, -0.1) is 0 Å². The number of nitrogens with zero attached hydrogens (tertiary/aromatic N) is 3. The van der Waals surface area contributed by atoms with Gasteiger partial charge in [0.1, 0.15) is 0 Å². The topological polar surface area (TPSA) is 50.3 Å². The molecule has 5 heteroatoms. The van der Waals surface area contributed by atoms with Crippen molar-refractivity contribution in [3.05, 3.63) is 53.3 Å². The Balaban J connectivity index is 1.36. The van der Waals surface area contributed by atoms with Gasteiger partial charge in [-0.1, -0.05) is 24.3 Å². The molecule has 1 aliphatic carbocycles. The summed E-state index contributed by atoms with van der Waals surface area (Å²) < 4.78 is 5.36. The van der Waals surface area contributed by atoms with Gasteiger partial charge >= 0.3 is 0 Å². The van der Waals surface area contributed by atoms with Crippen molar-refractivity contribution in [1.29, 1.82) is 0 Å². The van der Waals surface area contributed by atoms with Gasteiger partial charge in [-0.2, -0.15) is 0 Å². The smallest absolute Gasteiger partial charge is 0.225 e. The SMILES string of the molecule is c1ccc2c(c1)CC[C@H]2NCc1cnc(N2CCOCC2)nc1. The highest BCUT2D eigenvalue weighted by Gasteiger charge is 2.21. The molecular weight excluding hydrogens is 288 g/mol. The summed E-state index contributed by atoms with van der Waals surface area (Å²) in [6.07, 6.45) is 6.21. The lowest BCUT2D eigenvalue weighted by Gasteiger charge is -2.26. The van der Waals surface area contributed by atoms with Crippen molar-refractivity contribution in [3.63, 3.8) is 0 Å². The molecule has 23 heavy (non-hydrogen) atoms. The van der Waals surface area contributed by atoms with Crippen LogP contribution in [0.5, 0.6) is 0 Å². The van der Waals surface area contributed by atoms with Crippen LogP contribution >= 0.6 is 0 Å². The number of anilines is 1. The van der Waals surface area contributed by atoms with E-state index in [9.17, 15) is 0 Å². The molecule has 5 nitrogen and oxygen atoms in total. The predicted octanol–water partition coefficient (Wildman–Crippen LogP) is 2.09. The van der Waals surface area contributed by atoms with E-state index in [0.29, 0.717) is 6.04 Å². The van der Waals surface area contributed by atoms with Crippen molar-refractivity contribution in [3.8, 4) is 0 Å². The zero-order valence-electron chi connectivity index (χ0n) is 13.2. The number of hydrogen-bond donors (Lipinski definition) is 1. The Morgan fingerprint density at radius 1 is 1.13 bits per heavy atom. The lowest BCUT2D eigenvalue weighted by atomic mass is 10.1. The number of ether oxygens (including phenoxy) is 1. The molecule has 1 aliphatic heterocycles. The van der Waals surface area contributed by atoms with Gasteiger partial charge in [0.2, 0.25) is 5.95 Å². The predicted molar refractivity (Wildman–Crippen MR) is 89.4 cm³/mol. The number of nitrogens with one attached hydrogen (secondary N) is 1. The maximum atomic E-state index is 5.36. The van der Waals surface area contributed by atoms with Gasteiger partial charge in [0.05, 0.1) is 13.2 Å². The van der Waals surface area contributed by atoms with E-state index in [1.165, 1.54) is 24.0 Å². The van der Waals surface area contributed by atoms with E-state index in [-0.39, 0.29) is 0 Å². The lowest BCUT2D eigenvalue weighted by molar-refractivity contribution is 0.122. The maximum Gasteiger partial charge on any atom is 0.225 e. The van der Waals surface area contributed by atoms with Crippen LogP contribution in [0.3, 0.4) is 0 Å². The van der Waals surface area contributed by atoms with Crippen LogP contribution in [0.25, 0.3) is 0 Å². The Hall–Kier alpha value is -1.98. The van der Waals surface area contributed by atoms with Gasteiger partial charge in [-0.3, -0.25) is 0 Å². The Morgan fingerprint density at radius 3 is 2.74 bits per heavy atom. The molecule has 0 unspecified atom stereocenters. The fourth-order valence-corrected chi connectivity index (χ4v) is 3.38. The Kier molecular flexibility index (Phi) is 4.22. The van der Waals surface area contributed by atoms with Crippen molar-refractivity contribution >= 4 is 5.95 Å². The minimum Gasteiger partial charge on any atom is -0.378 e. The average Bonchev–Trinajstić information content (AvgIpc) is 3.04. The van der Waals surface area contributed by atoms with Crippen molar-refractivity contribution < 1.29 is 4.74 Å². The fraction of sp³-hybridized carbons (Fsp3) is 0.444. The second kappa shape index (κ2) is 6.64. The minimum absolute atomic E-state index is 0.449.